The Morgan fingerprint density at radius 2 is 1.83 bits per heavy atom. The van der Waals surface area contributed by atoms with Crippen molar-refractivity contribution in [2.75, 3.05) is 17.2 Å². The van der Waals surface area contributed by atoms with Crippen molar-refractivity contribution in [2.45, 2.75) is 27.7 Å². The van der Waals surface area contributed by atoms with Crippen LogP contribution in [0.4, 0.5) is 17.1 Å². The number of carbonyl (C=O) groups excluding carboxylic acids is 1. The van der Waals surface area contributed by atoms with E-state index in [2.05, 4.69) is 15.7 Å². The van der Waals surface area contributed by atoms with Crippen molar-refractivity contribution in [1.29, 1.82) is 0 Å². The Labute approximate surface area is 168 Å². The fourth-order valence-electron chi connectivity index (χ4n) is 3.11. The first-order chi connectivity index (χ1) is 13.8. The molecule has 0 saturated carbocycles. The van der Waals surface area contributed by atoms with Crippen LogP contribution in [-0.2, 0) is 0 Å². The maximum atomic E-state index is 12.8. The highest BCUT2D eigenvalue weighted by Gasteiger charge is 2.20. The number of benzene rings is 2. The summed E-state index contributed by atoms with van der Waals surface area (Å²) in [4.78, 5) is 23.6. The third kappa shape index (κ3) is 4.11. The van der Waals surface area contributed by atoms with Gasteiger partial charge in [0.15, 0.2) is 0 Å². The van der Waals surface area contributed by atoms with E-state index in [1.807, 2.05) is 52.0 Å². The second-order valence-corrected chi connectivity index (χ2v) is 6.77. The van der Waals surface area contributed by atoms with Gasteiger partial charge in [-0.05, 0) is 52.0 Å². The van der Waals surface area contributed by atoms with Gasteiger partial charge in [0.2, 0.25) is 0 Å². The summed E-state index contributed by atoms with van der Waals surface area (Å²) >= 11 is 0. The molecule has 1 aromatic heterocycles. The fraction of sp³-hybridized carbons (Fsp3) is 0.238. The number of carbonyl (C=O) groups is 1. The van der Waals surface area contributed by atoms with Crippen LogP contribution in [-0.4, -0.2) is 27.2 Å². The molecule has 0 unspecified atom stereocenters. The van der Waals surface area contributed by atoms with Crippen LogP contribution in [0.5, 0.6) is 0 Å². The van der Waals surface area contributed by atoms with Crippen LogP contribution in [0.15, 0.2) is 42.5 Å². The lowest BCUT2D eigenvalue weighted by Crippen LogP contribution is -2.14. The fourth-order valence-corrected chi connectivity index (χ4v) is 3.11. The van der Waals surface area contributed by atoms with Gasteiger partial charge in [-0.2, -0.15) is 5.10 Å². The molecule has 3 rings (SSSR count). The van der Waals surface area contributed by atoms with Crippen LogP contribution in [0.2, 0.25) is 0 Å². The van der Waals surface area contributed by atoms with Crippen molar-refractivity contribution < 1.29 is 9.72 Å². The molecule has 0 bridgehead atoms. The zero-order chi connectivity index (χ0) is 21.1. The molecular weight excluding hydrogens is 370 g/mol. The quantitative estimate of drug-likeness (QED) is 0.478. The zero-order valence-corrected chi connectivity index (χ0v) is 16.8. The number of hydrogen-bond donors (Lipinski definition) is 2. The van der Waals surface area contributed by atoms with Gasteiger partial charge in [-0.1, -0.05) is 17.7 Å². The monoisotopic (exact) mass is 393 g/mol. The molecule has 2 N–H and O–H groups in total. The number of aromatic nitrogens is 2. The Kier molecular flexibility index (Phi) is 5.63. The molecular formula is C21H23N5O3. The first-order valence-corrected chi connectivity index (χ1v) is 9.28. The van der Waals surface area contributed by atoms with Crippen molar-refractivity contribution in [3.63, 3.8) is 0 Å². The summed E-state index contributed by atoms with van der Waals surface area (Å²) in [5, 5.41) is 21.6. The SMILES string of the molecule is CCNc1ccc(C(=O)Nc2c(C)nn(-c3ccc(C)cc3)c2C)cc1[N+](=O)[O-]. The van der Waals surface area contributed by atoms with Gasteiger partial charge in [-0.25, -0.2) is 4.68 Å². The Bertz CT molecular complexity index is 1070. The Morgan fingerprint density at radius 1 is 1.14 bits per heavy atom. The molecule has 0 fully saturated rings. The summed E-state index contributed by atoms with van der Waals surface area (Å²) in [6, 6.07) is 12.3. The van der Waals surface area contributed by atoms with Crippen LogP contribution in [0.1, 0.15) is 34.2 Å². The largest absolute Gasteiger partial charge is 0.380 e. The van der Waals surface area contributed by atoms with E-state index in [1.165, 1.54) is 6.07 Å². The number of hydrogen-bond acceptors (Lipinski definition) is 5. The first-order valence-electron chi connectivity index (χ1n) is 9.28. The first kappa shape index (κ1) is 20.1. The minimum Gasteiger partial charge on any atom is -0.380 e. The van der Waals surface area contributed by atoms with Gasteiger partial charge in [0, 0.05) is 18.2 Å². The summed E-state index contributed by atoms with van der Waals surface area (Å²) in [6.45, 7) is 8.08. The van der Waals surface area contributed by atoms with E-state index in [4.69, 9.17) is 0 Å². The zero-order valence-electron chi connectivity index (χ0n) is 16.8. The number of nitro benzene ring substituents is 1. The average molecular weight is 393 g/mol. The van der Waals surface area contributed by atoms with Crippen LogP contribution < -0.4 is 10.6 Å². The molecule has 0 saturated heterocycles. The van der Waals surface area contributed by atoms with E-state index in [9.17, 15) is 14.9 Å². The minimum absolute atomic E-state index is 0.136. The maximum Gasteiger partial charge on any atom is 0.293 e. The molecule has 0 aliphatic heterocycles. The predicted octanol–water partition coefficient (Wildman–Crippen LogP) is 4.39. The molecule has 0 aliphatic carbocycles. The lowest BCUT2D eigenvalue weighted by Gasteiger charge is -2.09. The van der Waals surface area contributed by atoms with Gasteiger partial charge in [0.1, 0.15) is 5.69 Å². The van der Waals surface area contributed by atoms with Gasteiger partial charge in [-0.3, -0.25) is 14.9 Å². The molecule has 8 heteroatoms. The summed E-state index contributed by atoms with van der Waals surface area (Å²) in [5.74, 6) is -0.425. The van der Waals surface area contributed by atoms with Crippen molar-refractivity contribution in [3.05, 3.63) is 75.1 Å². The average Bonchev–Trinajstić information content (AvgIpc) is 2.97. The van der Waals surface area contributed by atoms with E-state index >= 15 is 0 Å². The molecule has 3 aromatic rings. The van der Waals surface area contributed by atoms with Crippen LogP contribution >= 0.6 is 0 Å². The van der Waals surface area contributed by atoms with Crippen LogP contribution in [0.3, 0.4) is 0 Å². The lowest BCUT2D eigenvalue weighted by molar-refractivity contribution is -0.384. The maximum absolute atomic E-state index is 12.8. The van der Waals surface area contributed by atoms with Crippen LogP contribution in [0, 0.1) is 30.9 Å². The number of nitro groups is 1. The van der Waals surface area contributed by atoms with Gasteiger partial charge >= 0.3 is 0 Å². The highest BCUT2D eigenvalue weighted by atomic mass is 16.6. The Balaban J connectivity index is 1.90. The lowest BCUT2D eigenvalue weighted by atomic mass is 10.1. The molecule has 0 aliphatic rings. The molecule has 0 radical (unpaired) electrons. The van der Waals surface area contributed by atoms with E-state index in [1.54, 1.807) is 16.8 Å². The van der Waals surface area contributed by atoms with Crippen molar-refractivity contribution in [3.8, 4) is 5.69 Å². The third-order valence-corrected chi connectivity index (χ3v) is 4.63. The minimum atomic E-state index is -0.499. The normalized spacial score (nSPS) is 10.6. The van der Waals surface area contributed by atoms with E-state index in [0.29, 0.717) is 23.6 Å². The Morgan fingerprint density at radius 3 is 2.45 bits per heavy atom. The molecule has 29 heavy (non-hydrogen) atoms. The second kappa shape index (κ2) is 8.14. The summed E-state index contributed by atoms with van der Waals surface area (Å²) in [6.07, 6.45) is 0. The molecule has 2 aromatic carbocycles. The number of nitrogens with zero attached hydrogens (tertiary/aromatic N) is 3. The topological polar surface area (TPSA) is 102 Å². The van der Waals surface area contributed by atoms with Gasteiger partial charge in [0.25, 0.3) is 11.6 Å². The summed E-state index contributed by atoms with van der Waals surface area (Å²) in [5.41, 5.74) is 4.52. The molecule has 0 spiro atoms. The summed E-state index contributed by atoms with van der Waals surface area (Å²) in [7, 11) is 0. The third-order valence-electron chi connectivity index (χ3n) is 4.63. The van der Waals surface area contributed by atoms with E-state index < -0.39 is 10.8 Å². The van der Waals surface area contributed by atoms with Crippen LogP contribution in [0.25, 0.3) is 5.69 Å². The molecule has 150 valence electrons. The van der Waals surface area contributed by atoms with Crippen molar-refractivity contribution >= 4 is 23.0 Å². The molecule has 0 atom stereocenters. The standard InChI is InChI=1S/C21H23N5O3/c1-5-22-18-11-8-16(12-19(18)26(28)29)21(27)23-20-14(3)24-25(15(20)4)17-9-6-13(2)7-10-17/h6-12,22H,5H2,1-4H3,(H,23,27). The van der Waals surface area contributed by atoms with E-state index in [-0.39, 0.29) is 11.3 Å². The second-order valence-electron chi connectivity index (χ2n) is 6.77. The predicted molar refractivity (Wildman–Crippen MR) is 113 cm³/mol. The molecule has 1 amide bonds. The number of amides is 1. The number of rotatable bonds is 6. The highest BCUT2D eigenvalue weighted by molar-refractivity contribution is 6.05. The van der Waals surface area contributed by atoms with Crippen molar-refractivity contribution in [2.24, 2.45) is 0 Å². The smallest absolute Gasteiger partial charge is 0.293 e. The van der Waals surface area contributed by atoms with Gasteiger partial charge in [0.05, 0.1) is 27.7 Å². The number of aryl methyl sites for hydroxylation is 2. The highest BCUT2D eigenvalue weighted by Crippen LogP contribution is 2.27. The number of nitrogens with one attached hydrogen (secondary N) is 2. The van der Waals surface area contributed by atoms with Gasteiger partial charge in [-0.15, -0.1) is 0 Å². The Hall–Kier alpha value is -3.68. The molecule has 8 nitrogen and oxygen atoms in total. The molecule has 1 heterocycles. The van der Waals surface area contributed by atoms with Gasteiger partial charge < -0.3 is 10.6 Å². The van der Waals surface area contributed by atoms with Crippen molar-refractivity contribution in [1.82, 2.24) is 9.78 Å². The van der Waals surface area contributed by atoms with E-state index in [0.717, 1.165) is 16.9 Å². The summed E-state index contributed by atoms with van der Waals surface area (Å²) < 4.78 is 1.76. The number of anilines is 2.